The van der Waals surface area contributed by atoms with Crippen LogP contribution in [0.25, 0.3) is 0 Å². The number of benzene rings is 1. The van der Waals surface area contributed by atoms with E-state index in [9.17, 15) is 0 Å². The van der Waals surface area contributed by atoms with E-state index in [1.54, 1.807) is 0 Å². The summed E-state index contributed by atoms with van der Waals surface area (Å²) in [5.74, 6) is 1.87. The van der Waals surface area contributed by atoms with Crippen LogP contribution in [-0.4, -0.2) is 19.6 Å². The minimum absolute atomic E-state index is 0.907. The molecule has 2 nitrogen and oxygen atoms in total. The molecule has 3 rings (SSSR count). The van der Waals surface area contributed by atoms with Crippen LogP contribution in [0.5, 0.6) is 0 Å². The van der Waals surface area contributed by atoms with E-state index in [2.05, 4.69) is 41.4 Å². The van der Waals surface area contributed by atoms with Gasteiger partial charge in [0.2, 0.25) is 0 Å². The van der Waals surface area contributed by atoms with Crippen molar-refractivity contribution >= 4 is 5.69 Å². The Bertz CT molecular complexity index is 412. The topological polar surface area (TPSA) is 15.3 Å². The third-order valence-electron chi connectivity index (χ3n) is 5.31. The van der Waals surface area contributed by atoms with Gasteiger partial charge in [0, 0.05) is 25.3 Å². The summed E-state index contributed by atoms with van der Waals surface area (Å²) in [6, 6.07) is 9.18. The van der Waals surface area contributed by atoms with Gasteiger partial charge in [0.15, 0.2) is 0 Å². The van der Waals surface area contributed by atoms with Crippen LogP contribution in [0.1, 0.15) is 51.0 Å². The maximum absolute atomic E-state index is 3.66. The lowest BCUT2D eigenvalue weighted by atomic mass is 9.83. The van der Waals surface area contributed by atoms with Crippen molar-refractivity contribution in [1.82, 2.24) is 5.32 Å². The predicted molar refractivity (Wildman–Crippen MR) is 90.7 cm³/mol. The Labute approximate surface area is 129 Å². The zero-order valence-corrected chi connectivity index (χ0v) is 13.5. The van der Waals surface area contributed by atoms with Crippen LogP contribution in [0.4, 0.5) is 5.69 Å². The van der Waals surface area contributed by atoms with E-state index in [1.807, 2.05) is 0 Å². The van der Waals surface area contributed by atoms with E-state index in [1.165, 1.54) is 69.4 Å². The fourth-order valence-corrected chi connectivity index (χ4v) is 3.75. The van der Waals surface area contributed by atoms with Crippen molar-refractivity contribution in [3.8, 4) is 0 Å². The first-order valence-electron chi connectivity index (χ1n) is 8.86. The van der Waals surface area contributed by atoms with Crippen LogP contribution in [0, 0.1) is 11.8 Å². The molecule has 116 valence electrons. The lowest BCUT2D eigenvalue weighted by molar-refractivity contribution is 0.281. The maximum Gasteiger partial charge on any atom is 0.0366 e. The third-order valence-corrected chi connectivity index (χ3v) is 5.31. The van der Waals surface area contributed by atoms with Crippen LogP contribution in [0.15, 0.2) is 24.3 Å². The third kappa shape index (κ3) is 4.23. The molecule has 2 fully saturated rings. The van der Waals surface area contributed by atoms with E-state index in [-0.39, 0.29) is 0 Å². The smallest absolute Gasteiger partial charge is 0.0366 e. The van der Waals surface area contributed by atoms with Crippen LogP contribution in [0.2, 0.25) is 0 Å². The summed E-state index contributed by atoms with van der Waals surface area (Å²) in [6.07, 6.45) is 8.39. The second kappa shape index (κ2) is 7.31. The summed E-state index contributed by atoms with van der Waals surface area (Å²) in [5, 5.41) is 3.66. The summed E-state index contributed by atoms with van der Waals surface area (Å²) in [6.45, 7) is 7.08. The van der Waals surface area contributed by atoms with E-state index in [0.717, 1.165) is 18.4 Å². The molecule has 1 aliphatic heterocycles. The highest BCUT2D eigenvalue weighted by Gasteiger charge is 2.17. The largest absolute Gasteiger partial charge is 0.372 e. The molecule has 0 atom stereocenters. The van der Waals surface area contributed by atoms with Crippen LogP contribution in [-0.2, 0) is 6.54 Å². The van der Waals surface area contributed by atoms with Gasteiger partial charge in [0.1, 0.15) is 0 Å². The molecule has 0 bridgehead atoms. The molecule has 1 saturated carbocycles. The molecule has 1 N–H and O–H groups in total. The number of nitrogens with one attached hydrogen (secondary N) is 1. The van der Waals surface area contributed by atoms with Gasteiger partial charge >= 0.3 is 0 Å². The molecule has 0 radical (unpaired) electrons. The highest BCUT2D eigenvalue weighted by atomic mass is 15.1. The van der Waals surface area contributed by atoms with E-state index < -0.39 is 0 Å². The molecule has 0 unspecified atom stereocenters. The molecule has 1 heterocycles. The van der Waals surface area contributed by atoms with Crippen molar-refractivity contribution in [1.29, 1.82) is 0 Å². The van der Waals surface area contributed by atoms with Gasteiger partial charge in [-0.05, 0) is 61.8 Å². The van der Waals surface area contributed by atoms with Gasteiger partial charge in [-0.2, -0.15) is 0 Å². The molecule has 0 amide bonds. The Kier molecular flexibility index (Phi) is 5.18. The average molecular weight is 286 g/mol. The number of anilines is 1. The highest BCUT2D eigenvalue weighted by Crippen LogP contribution is 2.27. The van der Waals surface area contributed by atoms with Gasteiger partial charge in [-0.15, -0.1) is 0 Å². The van der Waals surface area contributed by atoms with Crippen molar-refractivity contribution in [2.45, 2.75) is 52.0 Å². The lowest BCUT2D eigenvalue weighted by Crippen LogP contribution is -2.25. The van der Waals surface area contributed by atoms with Gasteiger partial charge in [-0.25, -0.2) is 0 Å². The molecule has 2 heteroatoms. The lowest BCUT2D eigenvalue weighted by Gasteiger charge is -2.26. The second-order valence-corrected chi connectivity index (χ2v) is 7.12. The van der Waals surface area contributed by atoms with Gasteiger partial charge in [0.05, 0.1) is 0 Å². The van der Waals surface area contributed by atoms with Crippen LogP contribution < -0.4 is 10.2 Å². The van der Waals surface area contributed by atoms with Crippen molar-refractivity contribution in [3.05, 3.63) is 29.8 Å². The molecule has 21 heavy (non-hydrogen) atoms. The summed E-state index contributed by atoms with van der Waals surface area (Å²) in [4.78, 5) is 2.50. The van der Waals surface area contributed by atoms with Crippen molar-refractivity contribution in [2.75, 3.05) is 24.5 Å². The molecule has 1 aromatic carbocycles. The van der Waals surface area contributed by atoms with Crippen LogP contribution >= 0.6 is 0 Å². The minimum Gasteiger partial charge on any atom is -0.372 e. The fraction of sp³-hybridized carbons (Fsp3) is 0.684. The molecule has 1 aliphatic carbocycles. The Morgan fingerprint density at radius 3 is 2.33 bits per heavy atom. The Morgan fingerprint density at radius 2 is 1.67 bits per heavy atom. The number of rotatable bonds is 5. The highest BCUT2D eigenvalue weighted by molar-refractivity contribution is 5.48. The summed E-state index contributed by atoms with van der Waals surface area (Å²) >= 11 is 0. The number of hydrogen-bond acceptors (Lipinski definition) is 2. The first-order valence-corrected chi connectivity index (χ1v) is 8.86. The van der Waals surface area contributed by atoms with Crippen molar-refractivity contribution in [3.63, 3.8) is 0 Å². The molecular weight excluding hydrogens is 256 g/mol. The number of nitrogens with zero attached hydrogens (tertiary/aromatic N) is 1. The SMILES string of the molecule is CC1CCC(CNCc2ccc(N3CCCC3)cc2)CC1. The van der Waals surface area contributed by atoms with E-state index in [4.69, 9.17) is 0 Å². The van der Waals surface area contributed by atoms with E-state index in [0.29, 0.717) is 0 Å². The quantitative estimate of drug-likeness (QED) is 0.872. The summed E-state index contributed by atoms with van der Waals surface area (Å²) < 4.78 is 0. The Balaban J connectivity index is 1.41. The first kappa shape index (κ1) is 14.9. The Morgan fingerprint density at radius 1 is 1.00 bits per heavy atom. The first-order chi connectivity index (χ1) is 10.3. The van der Waals surface area contributed by atoms with Crippen molar-refractivity contribution < 1.29 is 0 Å². The normalized spacial score (nSPS) is 26.2. The summed E-state index contributed by atoms with van der Waals surface area (Å²) in [7, 11) is 0. The molecule has 1 saturated heterocycles. The molecule has 1 aromatic rings. The summed E-state index contributed by atoms with van der Waals surface area (Å²) in [5.41, 5.74) is 2.82. The average Bonchev–Trinajstić information content (AvgIpc) is 3.04. The number of hydrogen-bond donors (Lipinski definition) is 1. The molecular formula is C19H30N2. The standard InChI is InChI=1S/C19H30N2/c1-16-4-6-17(7-5-16)14-20-15-18-8-10-19(11-9-18)21-12-2-3-13-21/h8-11,16-17,20H,2-7,12-15H2,1H3. The zero-order valence-electron chi connectivity index (χ0n) is 13.5. The predicted octanol–water partition coefficient (Wildman–Crippen LogP) is 4.20. The Hall–Kier alpha value is -1.02. The minimum atomic E-state index is 0.907. The molecule has 0 aromatic heterocycles. The van der Waals surface area contributed by atoms with E-state index >= 15 is 0 Å². The van der Waals surface area contributed by atoms with Crippen molar-refractivity contribution in [2.24, 2.45) is 11.8 Å². The van der Waals surface area contributed by atoms with Gasteiger partial charge in [0.25, 0.3) is 0 Å². The fourth-order valence-electron chi connectivity index (χ4n) is 3.75. The van der Waals surface area contributed by atoms with Gasteiger partial charge in [-0.3, -0.25) is 0 Å². The monoisotopic (exact) mass is 286 g/mol. The molecule has 2 aliphatic rings. The second-order valence-electron chi connectivity index (χ2n) is 7.12. The zero-order chi connectivity index (χ0) is 14.5. The van der Waals surface area contributed by atoms with Crippen LogP contribution in [0.3, 0.4) is 0 Å². The van der Waals surface area contributed by atoms with Gasteiger partial charge in [-0.1, -0.05) is 31.9 Å². The van der Waals surface area contributed by atoms with Gasteiger partial charge < -0.3 is 10.2 Å². The maximum atomic E-state index is 3.66. The molecule has 0 spiro atoms.